The molecule has 0 fully saturated rings. The van der Waals surface area contributed by atoms with E-state index in [1.807, 2.05) is 0 Å². The summed E-state index contributed by atoms with van der Waals surface area (Å²) in [7, 11) is -3.64. The summed E-state index contributed by atoms with van der Waals surface area (Å²) >= 11 is 7.07. The van der Waals surface area contributed by atoms with Crippen LogP contribution < -0.4 is 0 Å². The van der Waals surface area contributed by atoms with Crippen LogP contribution in [-0.4, -0.2) is 35.7 Å². The van der Waals surface area contributed by atoms with Gasteiger partial charge in [-0.05, 0) is 33.1 Å². The van der Waals surface area contributed by atoms with Gasteiger partial charge in [-0.15, -0.1) is 0 Å². The number of Topliss-reactive ketones (excluding diaryl/α,β-unsaturated/α-hetero) is 1. The zero-order chi connectivity index (χ0) is 14.8. The fourth-order valence-corrected chi connectivity index (χ4v) is 3.61. The number of halogens is 1. The van der Waals surface area contributed by atoms with Crippen LogP contribution in [-0.2, 0) is 14.6 Å². The van der Waals surface area contributed by atoms with Crippen molar-refractivity contribution in [3.63, 3.8) is 0 Å². The van der Waals surface area contributed by atoms with Gasteiger partial charge in [0.25, 0.3) is 0 Å². The van der Waals surface area contributed by atoms with Gasteiger partial charge in [0.1, 0.15) is 5.15 Å². The fourth-order valence-electron chi connectivity index (χ4n) is 1.52. The number of ketones is 1. The maximum Gasteiger partial charge on any atom is 0.188 e. The Labute approximate surface area is 122 Å². The van der Waals surface area contributed by atoms with E-state index in [0.717, 1.165) is 0 Å². The van der Waals surface area contributed by atoms with E-state index in [0.29, 0.717) is 5.16 Å². The Balaban J connectivity index is 3.44. The summed E-state index contributed by atoms with van der Waals surface area (Å²) in [6, 6.07) is 1.33. The second-order valence-electron chi connectivity index (χ2n) is 4.23. The summed E-state index contributed by atoms with van der Waals surface area (Å²) in [5, 5.41) is -1.50. The summed E-state index contributed by atoms with van der Waals surface area (Å²) in [5.74, 6) is -0.476. The first-order chi connectivity index (χ1) is 8.70. The maximum atomic E-state index is 12.3. The number of hydrogen-bond donors (Lipinski definition) is 0. The second kappa shape index (κ2) is 6.19. The normalized spacial score (nSPS) is 13.6. The molecule has 0 aliphatic carbocycles. The van der Waals surface area contributed by atoms with E-state index < -0.39 is 26.1 Å². The molecule has 1 atom stereocenters. The molecule has 1 rings (SSSR count). The molecule has 0 spiro atoms. The number of carbonyl (C=O) groups is 1. The molecule has 0 aliphatic heterocycles. The Kier molecular flexibility index (Phi) is 5.34. The van der Waals surface area contributed by atoms with Gasteiger partial charge in [0.15, 0.2) is 26.0 Å². The van der Waals surface area contributed by atoms with Crippen molar-refractivity contribution in [1.29, 1.82) is 0 Å². The van der Waals surface area contributed by atoms with Crippen LogP contribution in [0.15, 0.2) is 11.2 Å². The summed E-state index contributed by atoms with van der Waals surface area (Å²) < 4.78 is 24.5. The summed E-state index contributed by atoms with van der Waals surface area (Å²) in [4.78, 5) is 19.7. The third-order valence-electron chi connectivity index (χ3n) is 2.50. The highest BCUT2D eigenvalue weighted by Gasteiger charge is 2.35. The van der Waals surface area contributed by atoms with Gasteiger partial charge < -0.3 is 0 Å². The van der Waals surface area contributed by atoms with Gasteiger partial charge in [-0.2, -0.15) is 0 Å². The molecule has 8 heteroatoms. The lowest BCUT2D eigenvalue weighted by Crippen LogP contribution is -2.28. The molecule has 0 saturated heterocycles. The van der Waals surface area contributed by atoms with Crippen LogP contribution in [0, 0.1) is 0 Å². The average Bonchev–Trinajstić information content (AvgIpc) is 2.27. The number of thioether (sulfide) groups is 1. The predicted octanol–water partition coefficient (Wildman–Crippen LogP) is 2.31. The molecule has 0 saturated carbocycles. The summed E-state index contributed by atoms with van der Waals surface area (Å²) in [5.41, 5.74) is 0.130. The van der Waals surface area contributed by atoms with Crippen LogP contribution in [0.1, 0.15) is 31.7 Å². The Hall–Kier alpha value is -0.660. The van der Waals surface area contributed by atoms with Crippen molar-refractivity contribution in [2.75, 3.05) is 6.26 Å². The Morgan fingerprint density at radius 3 is 2.37 bits per heavy atom. The number of rotatable bonds is 5. The topological polar surface area (TPSA) is 77.0 Å². The molecule has 1 aromatic heterocycles. The van der Waals surface area contributed by atoms with Gasteiger partial charge in [0.05, 0.1) is 10.9 Å². The zero-order valence-electron chi connectivity index (χ0n) is 11.0. The lowest BCUT2D eigenvalue weighted by atomic mass is 10.2. The molecule has 0 amide bonds. The van der Waals surface area contributed by atoms with E-state index in [1.54, 1.807) is 6.26 Å². The maximum absolute atomic E-state index is 12.3. The first kappa shape index (κ1) is 16.4. The first-order valence-electron chi connectivity index (χ1n) is 5.51. The van der Waals surface area contributed by atoms with Gasteiger partial charge in [-0.25, -0.2) is 18.4 Å². The van der Waals surface area contributed by atoms with Crippen LogP contribution in [0.5, 0.6) is 0 Å². The molecule has 1 heterocycles. The largest absolute Gasteiger partial charge is 0.298 e. The van der Waals surface area contributed by atoms with Crippen LogP contribution in [0.3, 0.4) is 0 Å². The van der Waals surface area contributed by atoms with E-state index in [4.69, 9.17) is 11.6 Å². The van der Waals surface area contributed by atoms with Gasteiger partial charge in [-0.3, -0.25) is 4.79 Å². The van der Waals surface area contributed by atoms with Gasteiger partial charge >= 0.3 is 0 Å². The van der Waals surface area contributed by atoms with Crippen molar-refractivity contribution in [1.82, 2.24) is 9.97 Å². The van der Waals surface area contributed by atoms with E-state index in [9.17, 15) is 13.2 Å². The lowest BCUT2D eigenvalue weighted by Gasteiger charge is -2.17. The minimum Gasteiger partial charge on any atom is -0.298 e. The minimum atomic E-state index is -3.64. The highest BCUT2D eigenvalue weighted by molar-refractivity contribution is 7.98. The lowest BCUT2D eigenvalue weighted by molar-refractivity contribution is -0.116. The fraction of sp³-hybridized carbons (Fsp3) is 0.545. The number of hydrogen-bond acceptors (Lipinski definition) is 6. The van der Waals surface area contributed by atoms with Crippen LogP contribution in [0.2, 0.25) is 5.15 Å². The molecular weight excluding hydrogens is 308 g/mol. The highest BCUT2D eigenvalue weighted by atomic mass is 35.5. The second-order valence-corrected chi connectivity index (χ2v) is 7.98. The summed E-state index contributed by atoms with van der Waals surface area (Å²) in [6.07, 6.45) is 1.75. The highest BCUT2D eigenvalue weighted by Crippen LogP contribution is 2.28. The molecule has 0 radical (unpaired) electrons. The number of nitrogens with zero attached hydrogens (tertiary/aromatic N) is 2. The SMILES string of the molecule is CSc1nc(Cl)cc(C(C(C)=O)S(=O)(=O)C(C)C)n1. The van der Waals surface area contributed by atoms with Crippen molar-refractivity contribution >= 4 is 39.0 Å². The molecule has 0 N–H and O–H groups in total. The van der Waals surface area contributed by atoms with Crippen molar-refractivity contribution in [2.45, 2.75) is 36.4 Å². The Bertz CT molecular complexity index is 588. The van der Waals surface area contributed by atoms with Crippen molar-refractivity contribution in [3.05, 3.63) is 16.9 Å². The van der Waals surface area contributed by atoms with Crippen molar-refractivity contribution in [3.8, 4) is 0 Å². The third-order valence-corrected chi connectivity index (χ3v) is 5.79. The Morgan fingerprint density at radius 2 is 1.95 bits per heavy atom. The first-order valence-corrected chi connectivity index (χ1v) is 8.73. The van der Waals surface area contributed by atoms with Crippen LogP contribution >= 0.6 is 23.4 Å². The smallest absolute Gasteiger partial charge is 0.188 e. The molecule has 0 bridgehead atoms. The van der Waals surface area contributed by atoms with Crippen molar-refractivity contribution in [2.24, 2.45) is 0 Å². The van der Waals surface area contributed by atoms with Crippen molar-refractivity contribution < 1.29 is 13.2 Å². The number of sulfone groups is 1. The summed E-state index contributed by atoms with van der Waals surface area (Å²) in [6.45, 7) is 4.30. The van der Waals surface area contributed by atoms with Gasteiger partial charge in [0, 0.05) is 0 Å². The average molecular weight is 323 g/mol. The van der Waals surface area contributed by atoms with E-state index >= 15 is 0 Å². The standard InChI is InChI=1S/C11H15ClN2O3S2/c1-6(2)19(16,17)10(7(3)15)8-5-9(12)14-11(13-8)18-4/h5-6,10H,1-4H3. The Morgan fingerprint density at radius 1 is 1.37 bits per heavy atom. The third kappa shape index (κ3) is 3.67. The van der Waals surface area contributed by atoms with E-state index in [2.05, 4.69) is 9.97 Å². The molecule has 5 nitrogen and oxygen atoms in total. The molecule has 19 heavy (non-hydrogen) atoms. The molecule has 0 aliphatic rings. The van der Waals surface area contributed by atoms with Gasteiger partial charge in [0.2, 0.25) is 0 Å². The van der Waals surface area contributed by atoms with Crippen LogP contribution in [0.4, 0.5) is 0 Å². The predicted molar refractivity (Wildman–Crippen MR) is 76.3 cm³/mol. The molecule has 0 aromatic carbocycles. The van der Waals surface area contributed by atoms with E-state index in [-0.39, 0.29) is 10.8 Å². The number of carbonyl (C=O) groups excluding carboxylic acids is 1. The van der Waals surface area contributed by atoms with Crippen LogP contribution in [0.25, 0.3) is 0 Å². The minimum absolute atomic E-state index is 0.125. The monoisotopic (exact) mass is 322 g/mol. The van der Waals surface area contributed by atoms with Gasteiger partial charge in [-0.1, -0.05) is 23.4 Å². The molecule has 1 unspecified atom stereocenters. The zero-order valence-corrected chi connectivity index (χ0v) is 13.4. The molecular formula is C11H15ClN2O3S2. The van der Waals surface area contributed by atoms with E-state index in [1.165, 1.54) is 38.6 Å². The quantitative estimate of drug-likeness (QED) is 0.470. The molecule has 106 valence electrons. The molecule has 1 aromatic rings. The number of aromatic nitrogens is 2.